The van der Waals surface area contributed by atoms with Gasteiger partial charge in [-0.1, -0.05) is 12.1 Å². The standard InChI is InChI=1S/C18H18F3N3O2/c19-18(20,21)14-4-1-5-15(9-14)26-17-13(3-2-7-23-17)11-24-16(25)12-6-8-22-10-12/h1-5,7,9,12,22H,6,8,10-11H2,(H,24,25). The van der Waals surface area contributed by atoms with Crippen LogP contribution < -0.4 is 15.4 Å². The highest BCUT2D eigenvalue weighted by Gasteiger charge is 2.30. The Morgan fingerprint density at radius 3 is 2.88 bits per heavy atom. The summed E-state index contributed by atoms with van der Waals surface area (Å²) in [5.41, 5.74) is -0.210. The molecule has 1 aliphatic heterocycles. The maximum atomic E-state index is 12.8. The second kappa shape index (κ2) is 7.74. The Kier molecular flexibility index (Phi) is 5.41. The molecule has 0 aliphatic carbocycles. The van der Waals surface area contributed by atoms with E-state index in [2.05, 4.69) is 15.6 Å². The molecule has 0 spiro atoms. The highest BCUT2D eigenvalue weighted by molar-refractivity contribution is 5.79. The van der Waals surface area contributed by atoms with Crippen molar-refractivity contribution < 1.29 is 22.7 Å². The van der Waals surface area contributed by atoms with Crippen LogP contribution in [0.4, 0.5) is 13.2 Å². The lowest BCUT2D eigenvalue weighted by Crippen LogP contribution is -2.31. The Hall–Kier alpha value is -2.61. The largest absolute Gasteiger partial charge is 0.439 e. The number of aromatic nitrogens is 1. The quantitative estimate of drug-likeness (QED) is 0.855. The van der Waals surface area contributed by atoms with Gasteiger partial charge in [0.2, 0.25) is 11.8 Å². The predicted molar refractivity (Wildman–Crippen MR) is 88.6 cm³/mol. The van der Waals surface area contributed by atoms with Gasteiger partial charge >= 0.3 is 6.18 Å². The van der Waals surface area contributed by atoms with Crippen molar-refractivity contribution in [3.8, 4) is 11.6 Å². The Bertz CT molecular complexity index is 774. The first-order valence-electron chi connectivity index (χ1n) is 8.21. The van der Waals surface area contributed by atoms with Gasteiger partial charge in [-0.2, -0.15) is 13.2 Å². The molecule has 8 heteroatoms. The Balaban J connectivity index is 1.70. The van der Waals surface area contributed by atoms with Gasteiger partial charge in [-0.05, 0) is 37.2 Å². The lowest BCUT2D eigenvalue weighted by Gasteiger charge is -2.13. The number of hydrogen-bond donors (Lipinski definition) is 2. The summed E-state index contributed by atoms with van der Waals surface area (Å²) in [4.78, 5) is 16.2. The van der Waals surface area contributed by atoms with Crippen LogP contribution in [-0.4, -0.2) is 24.0 Å². The van der Waals surface area contributed by atoms with Crippen molar-refractivity contribution in [3.05, 3.63) is 53.7 Å². The minimum absolute atomic E-state index is 0.0334. The van der Waals surface area contributed by atoms with Gasteiger partial charge in [0.1, 0.15) is 5.75 Å². The molecule has 26 heavy (non-hydrogen) atoms. The van der Waals surface area contributed by atoms with E-state index < -0.39 is 11.7 Å². The molecule has 1 aromatic heterocycles. The topological polar surface area (TPSA) is 63.2 Å². The Morgan fingerprint density at radius 2 is 2.15 bits per heavy atom. The van der Waals surface area contributed by atoms with Crippen LogP contribution >= 0.6 is 0 Å². The third-order valence-electron chi connectivity index (χ3n) is 4.11. The van der Waals surface area contributed by atoms with Crippen molar-refractivity contribution in [1.29, 1.82) is 0 Å². The summed E-state index contributed by atoms with van der Waals surface area (Å²) in [7, 11) is 0. The molecule has 1 aliphatic rings. The molecule has 0 bridgehead atoms. The molecule has 2 heterocycles. The van der Waals surface area contributed by atoms with Crippen molar-refractivity contribution in [2.24, 2.45) is 5.92 Å². The molecule has 3 rings (SSSR count). The van der Waals surface area contributed by atoms with Gasteiger partial charge in [-0.3, -0.25) is 4.79 Å². The summed E-state index contributed by atoms with van der Waals surface area (Å²) >= 11 is 0. The minimum atomic E-state index is -4.45. The average Bonchev–Trinajstić information content (AvgIpc) is 3.15. The normalized spacial score (nSPS) is 17.1. The van der Waals surface area contributed by atoms with Crippen LogP contribution in [0, 0.1) is 5.92 Å². The van der Waals surface area contributed by atoms with Crippen LogP contribution in [0.1, 0.15) is 17.5 Å². The fraction of sp³-hybridized carbons (Fsp3) is 0.333. The summed E-state index contributed by atoms with van der Waals surface area (Å²) in [5.74, 6) is 0.0612. The first kappa shape index (κ1) is 18.2. The van der Waals surface area contributed by atoms with Crippen LogP contribution in [0.5, 0.6) is 11.6 Å². The number of alkyl halides is 3. The molecule has 5 nitrogen and oxygen atoms in total. The van der Waals surface area contributed by atoms with E-state index in [1.54, 1.807) is 12.1 Å². The van der Waals surface area contributed by atoms with E-state index in [4.69, 9.17) is 4.74 Å². The van der Waals surface area contributed by atoms with Gasteiger partial charge < -0.3 is 15.4 Å². The van der Waals surface area contributed by atoms with Gasteiger partial charge in [-0.15, -0.1) is 0 Å². The van der Waals surface area contributed by atoms with Crippen molar-refractivity contribution in [2.45, 2.75) is 19.1 Å². The van der Waals surface area contributed by atoms with Crippen molar-refractivity contribution in [2.75, 3.05) is 13.1 Å². The Labute approximate surface area is 148 Å². The zero-order valence-electron chi connectivity index (χ0n) is 13.8. The predicted octanol–water partition coefficient (Wildman–Crippen LogP) is 3.12. The number of carbonyl (C=O) groups excluding carboxylic acids is 1. The zero-order chi connectivity index (χ0) is 18.6. The molecule has 1 saturated heterocycles. The van der Waals surface area contributed by atoms with E-state index in [9.17, 15) is 18.0 Å². The van der Waals surface area contributed by atoms with Gasteiger partial charge in [0.25, 0.3) is 0 Å². The fourth-order valence-corrected chi connectivity index (χ4v) is 2.70. The lowest BCUT2D eigenvalue weighted by atomic mass is 10.1. The summed E-state index contributed by atoms with van der Waals surface area (Å²) < 4.78 is 44.0. The average molecular weight is 365 g/mol. The lowest BCUT2D eigenvalue weighted by molar-refractivity contribution is -0.137. The fourth-order valence-electron chi connectivity index (χ4n) is 2.70. The number of carbonyl (C=O) groups is 1. The number of hydrogen-bond acceptors (Lipinski definition) is 4. The number of halogens is 3. The van der Waals surface area contributed by atoms with E-state index in [1.807, 2.05) is 0 Å². The maximum Gasteiger partial charge on any atom is 0.416 e. The highest BCUT2D eigenvalue weighted by Crippen LogP contribution is 2.32. The summed E-state index contributed by atoms with van der Waals surface area (Å²) in [5, 5.41) is 5.95. The summed E-state index contributed by atoms with van der Waals surface area (Å²) in [6.45, 7) is 1.65. The molecule has 1 aromatic carbocycles. The van der Waals surface area contributed by atoms with E-state index in [0.29, 0.717) is 12.1 Å². The molecule has 1 unspecified atom stereocenters. The number of amides is 1. The number of rotatable bonds is 5. The van der Waals surface area contributed by atoms with Crippen LogP contribution in [0.25, 0.3) is 0 Å². The van der Waals surface area contributed by atoms with Crippen LogP contribution in [0.2, 0.25) is 0 Å². The molecule has 2 aromatic rings. The number of benzene rings is 1. The second-order valence-electron chi connectivity index (χ2n) is 6.00. The SMILES string of the molecule is O=C(NCc1cccnc1Oc1cccc(C(F)(F)F)c1)C1CCNC1. The third kappa shape index (κ3) is 4.51. The van der Waals surface area contributed by atoms with E-state index >= 15 is 0 Å². The van der Waals surface area contributed by atoms with E-state index in [0.717, 1.165) is 25.1 Å². The summed E-state index contributed by atoms with van der Waals surface area (Å²) in [6, 6.07) is 7.98. The zero-order valence-corrected chi connectivity index (χ0v) is 13.8. The van der Waals surface area contributed by atoms with Crippen LogP contribution in [0.15, 0.2) is 42.6 Å². The van der Waals surface area contributed by atoms with Gasteiger partial charge in [0, 0.05) is 24.8 Å². The number of nitrogens with zero attached hydrogens (tertiary/aromatic N) is 1. The van der Waals surface area contributed by atoms with Gasteiger partial charge in [-0.25, -0.2) is 4.98 Å². The maximum absolute atomic E-state index is 12.8. The van der Waals surface area contributed by atoms with Crippen molar-refractivity contribution in [3.63, 3.8) is 0 Å². The Morgan fingerprint density at radius 1 is 1.31 bits per heavy atom. The molecular weight excluding hydrogens is 347 g/mol. The van der Waals surface area contributed by atoms with Gasteiger partial charge in [0.05, 0.1) is 11.5 Å². The smallest absolute Gasteiger partial charge is 0.416 e. The van der Waals surface area contributed by atoms with Crippen LogP contribution in [0.3, 0.4) is 0 Å². The van der Waals surface area contributed by atoms with Crippen molar-refractivity contribution >= 4 is 5.91 Å². The van der Waals surface area contributed by atoms with E-state index in [-0.39, 0.29) is 30.0 Å². The molecule has 138 valence electrons. The van der Waals surface area contributed by atoms with Crippen molar-refractivity contribution in [1.82, 2.24) is 15.6 Å². The van der Waals surface area contributed by atoms with E-state index in [1.165, 1.54) is 18.3 Å². The second-order valence-corrected chi connectivity index (χ2v) is 6.00. The first-order valence-corrected chi connectivity index (χ1v) is 8.21. The molecule has 2 N–H and O–H groups in total. The molecule has 0 saturated carbocycles. The third-order valence-corrected chi connectivity index (χ3v) is 4.11. The first-order chi connectivity index (χ1) is 12.4. The number of nitrogens with one attached hydrogen (secondary N) is 2. The molecule has 1 fully saturated rings. The molecule has 1 amide bonds. The minimum Gasteiger partial charge on any atom is -0.439 e. The molecule has 1 atom stereocenters. The molecule has 0 radical (unpaired) electrons. The van der Waals surface area contributed by atoms with Crippen LogP contribution in [-0.2, 0) is 17.5 Å². The highest BCUT2D eigenvalue weighted by atomic mass is 19.4. The molecular formula is C18H18F3N3O2. The monoisotopic (exact) mass is 365 g/mol. The number of ether oxygens (including phenoxy) is 1. The number of pyridine rings is 1. The van der Waals surface area contributed by atoms with Gasteiger partial charge in [0.15, 0.2) is 0 Å². The summed E-state index contributed by atoms with van der Waals surface area (Å²) in [6.07, 6.45) is -2.18.